The van der Waals surface area contributed by atoms with Gasteiger partial charge in [-0.1, -0.05) is 28.1 Å². The number of aryl methyl sites for hydroxylation is 2. The molecule has 3 aromatic rings. The number of halogens is 1. The third-order valence-corrected chi connectivity index (χ3v) is 5.75. The van der Waals surface area contributed by atoms with E-state index in [4.69, 9.17) is 0 Å². The lowest BCUT2D eigenvalue weighted by Crippen LogP contribution is -2.54. The van der Waals surface area contributed by atoms with Gasteiger partial charge in [0.15, 0.2) is 0 Å². The molecule has 0 saturated carbocycles. The lowest BCUT2D eigenvalue weighted by Gasteiger charge is -2.26. The van der Waals surface area contributed by atoms with Crippen LogP contribution >= 0.6 is 15.9 Å². The van der Waals surface area contributed by atoms with Crippen molar-refractivity contribution in [2.45, 2.75) is 20.8 Å². The van der Waals surface area contributed by atoms with Crippen LogP contribution in [-0.2, 0) is 9.59 Å². The van der Waals surface area contributed by atoms with E-state index in [1.165, 1.54) is 0 Å². The molecule has 0 unspecified atom stereocenters. The molecule has 31 heavy (non-hydrogen) atoms. The Balaban J connectivity index is 1.76. The maximum atomic E-state index is 13.1. The van der Waals surface area contributed by atoms with Gasteiger partial charge in [-0.15, -0.1) is 0 Å². The number of carbonyl (C=O) groups excluding carboxylic acids is 3. The second kappa shape index (κ2) is 8.00. The summed E-state index contributed by atoms with van der Waals surface area (Å²) in [5, 5.41) is 2.26. The normalized spacial score (nSPS) is 15.5. The van der Waals surface area contributed by atoms with Crippen LogP contribution in [0.2, 0.25) is 0 Å². The first-order valence-corrected chi connectivity index (χ1v) is 10.5. The molecule has 1 fully saturated rings. The van der Waals surface area contributed by atoms with Crippen LogP contribution in [0.5, 0.6) is 0 Å². The first-order valence-electron chi connectivity index (χ1n) is 9.69. The van der Waals surface area contributed by atoms with Crippen molar-refractivity contribution in [1.29, 1.82) is 0 Å². The molecule has 6 nitrogen and oxygen atoms in total. The molecule has 0 aliphatic carbocycles. The average Bonchev–Trinajstić information content (AvgIpc) is 2.99. The molecule has 1 N–H and O–H groups in total. The molecule has 2 heterocycles. The number of benzene rings is 2. The fraction of sp³-hybridized carbons (Fsp3) is 0.125. The molecule has 156 valence electrons. The van der Waals surface area contributed by atoms with Gasteiger partial charge in [0.1, 0.15) is 5.57 Å². The predicted molar refractivity (Wildman–Crippen MR) is 123 cm³/mol. The monoisotopic (exact) mass is 477 g/mol. The third-order valence-electron chi connectivity index (χ3n) is 5.22. The first kappa shape index (κ1) is 20.8. The number of urea groups is 1. The van der Waals surface area contributed by atoms with Gasteiger partial charge in [0.25, 0.3) is 11.8 Å². The van der Waals surface area contributed by atoms with E-state index in [0.29, 0.717) is 5.69 Å². The van der Waals surface area contributed by atoms with Crippen molar-refractivity contribution in [2.75, 3.05) is 4.90 Å². The fourth-order valence-electron chi connectivity index (χ4n) is 3.74. The SMILES string of the molecule is Cc1cccc(-n2c(C)cc(/C=C3\C(=O)NC(=O)N(c4ccc(Br)cc4)C3=O)c2C)c1. The summed E-state index contributed by atoms with van der Waals surface area (Å²) in [4.78, 5) is 39.0. The highest BCUT2D eigenvalue weighted by Gasteiger charge is 2.37. The Morgan fingerprint density at radius 2 is 1.61 bits per heavy atom. The standard InChI is InChI=1S/C24H20BrN3O3/c1-14-5-4-6-20(11-14)27-15(2)12-17(16(27)3)13-21-22(29)26-24(31)28(23(21)30)19-9-7-18(25)8-10-19/h4-13H,1-3H3,(H,26,29,31)/b21-13+. The van der Waals surface area contributed by atoms with Crippen LogP contribution in [0.15, 0.2) is 64.6 Å². The fourth-order valence-corrected chi connectivity index (χ4v) is 4.00. The van der Waals surface area contributed by atoms with E-state index >= 15 is 0 Å². The Labute approximate surface area is 188 Å². The van der Waals surface area contributed by atoms with Gasteiger partial charge in [-0.3, -0.25) is 14.9 Å². The van der Waals surface area contributed by atoms with Crippen molar-refractivity contribution in [3.05, 3.63) is 87.2 Å². The van der Waals surface area contributed by atoms with Crippen LogP contribution in [0.1, 0.15) is 22.5 Å². The van der Waals surface area contributed by atoms with Crippen LogP contribution in [0, 0.1) is 20.8 Å². The molecule has 4 rings (SSSR count). The number of hydrogen-bond acceptors (Lipinski definition) is 3. The number of barbiturate groups is 1. The molecule has 0 bridgehead atoms. The van der Waals surface area contributed by atoms with E-state index < -0.39 is 17.8 Å². The van der Waals surface area contributed by atoms with Gasteiger partial charge >= 0.3 is 6.03 Å². The van der Waals surface area contributed by atoms with Crippen molar-refractivity contribution in [1.82, 2.24) is 9.88 Å². The Morgan fingerprint density at radius 1 is 0.903 bits per heavy atom. The Kier molecular flexibility index (Phi) is 5.37. The van der Waals surface area contributed by atoms with Crippen molar-refractivity contribution >= 4 is 45.5 Å². The molecular weight excluding hydrogens is 458 g/mol. The van der Waals surface area contributed by atoms with Crippen molar-refractivity contribution in [3.8, 4) is 5.69 Å². The van der Waals surface area contributed by atoms with Gasteiger partial charge in [-0.05, 0) is 80.4 Å². The van der Waals surface area contributed by atoms with Gasteiger partial charge in [0, 0.05) is 21.5 Å². The summed E-state index contributed by atoms with van der Waals surface area (Å²) in [6, 6.07) is 16.0. The number of rotatable bonds is 3. The number of nitrogens with zero attached hydrogens (tertiary/aromatic N) is 2. The number of aromatic nitrogens is 1. The third kappa shape index (κ3) is 3.84. The second-order valence-corrected chi connectivity index (χ2v) is 8.35. The summed E-state index contributed by atoms with van der Waals surface area (Å²) in [6.45, 7) is 5.93. The number of imide groups is 2. The van der Waals surface area contributed by atoms with E-state index in [1.807, 2.05) is 45.0 Å². The predicted octanol–water partition coefficient (Wildman–Crippen LogP) is 4.83. The average molecular weight is 478 g/mol. The van der Waals surface area contributed by atoms with Gasteiger partial charge < -0.3 is 4.57 Å². The topological polar surface area (TPSA) is 71.4 Å². The van der Waals surface area contributed by atoms with Crippen LogP contribution in [0.4, 0.5) is 10.5 Å². The zero-order valence-electron chi connectivity index (χ0n) is 17.3. The molecular formula is C24H20BrN3O3. The largest absolute Gasteiger partial charge is 0.335 e. The first-order chi connectivity index (χ1) is 14.8. The summed E-state index contributed by atoms with van der Waals surface area (Å²) in [6.07, 6.45) is 1.55. The summed E-state index contributed by atoms with van der Waals surface area (Å²) in [5.74, 6) is -1.36. The second-order valence-electron chi connectivity index (χ2n) is 7.44. The molecule has 0 atom stereocenters. The van der Waals surface area contributed by atoms with Crippen molar-refractivity contribution < 1.29 is 14.4 Å². The molecule has 0 radical (unpaired) electrons. The molecule has 4 amide bonds. The number of amides is 4. The molecule has 1 aromatic heterocycles. The summed E-state index contributed by atoms with van der Waals surface area (Å²) in [5.41, 5.74) is 5.04. The zero-order valence-corrected chi connectivity index (χ0v) is 18.9. The smallest absolute Gasteiger partial charge is 0.318 e. The minimum atomic E-state index is -0.764. The maximum Gasteiger partial charge on any atom is 0.335 e. The number of hydrogen-bond donors (Lipinski definition) is 1. The van der Waals surface area contributed by atoms with Gasteiger partial charge in [-0.2, -0.15) is 0 Å². The number of nitrogens with one attached hydrogen (secondary N) is 1. The summed E-state index contributed by atoms with van der Waals surface area (Å²) in [7, 11) is 0. The Hall–Kier alpha value is -3.45. The van der Waals surface area contributed by atoms with Crippen molar-refractivity contribution in [2.24, 2.45) is 0 Å². The van der Waals surface area contributed by atoms with Crippen LogP contribution < -0.4 is 10.2 Å². The number of carbonyl (C=O) groups is 3. The highest BCUT2D eigenvalue weighted by molar-refractivity contribution is 9.10. The lowest BCUT2D eigenvalue weighted by molar-refractivity contribution is -0.122. The molecule has 1 saturated heterocycles. The highest BCUT2D eigenvalue weighted by Crippen LogP contribution is 2.27. The van der Waals surface area contributed by atoms with Crippen LogP contribution in [-0.4, -0.2) is 22.4 Å². The molecule has 0 spiro atoms. The van der Waals surface area contributed by atoms with Gasteiger partial charge in [0.05, 0.1) is 5.69 Å². The van der Waals surface area contributed by atoms with Crippen LogP contribution in [0.3, 0.4) is 0 Å². The van der Waals surface area contributed by atoms with Gasteiger partial charge in [-0.25, -0.2) is 9.69 Å². The summed E-state index contributed by atoms with van der Waals surface area (Å²) >= 11 is 3.33. The molecule has 2 aromatic carbocycles. The number of anilines is 1. The lowest BCUT2D eigenvalue weighted by atomic mass is 10.1. The van der Waals surface area contributed by atoms with E-state index in [-0.39, 0.29) is 5.57 Å². The van der Waals surface area contributed by atoms with E-state index in [1.54, 1.807) is 30.3 Å². The van der Waals surface area contributed by atoms with Crippen molar-refractivity contribution in [3.63, 3.8) is 0 Å². The minimum absolute atomic E-state index is 0.0907. The Bertz CT molecular complexity index is 1260. The summed E-state index contributed by atoms with van der Waals surface area (Å²) < 4.78 is 2.89. The van der Waals surface area contributed by atoms with E-state index in [9.17, 15) is 14.4 Å². The molecule has 1 aliphatic heterocycles. The Morgan fingerprint density at radius 3 is 2.29 bits per heavy atom. The van der Waals surface area contributed by atoms with Gasteiger partial charge in [0.2, 0.25) is 0 Å². The minimum Gasteiger partial charge on any atom is -0.318 e. The molecule has 1 aliphatic rings. The van der Waals surface area contributed by atoms with Crippen LogP contribution in [0.25, 0.3) is 11.8 Å². The highest BCUT2D eigenvalue weighted by atomic mass is 79.9. The quantitative estimate of drug-likeness (QED) is 0.433. The van der Waals surface area contributed by atoms with E-state index in [0.717, 1.165) is 37.6 Å². The maximum absolute atomic E-state index is 13.1. The molecule has 7 heteroatoms. The zero-order chi connectivity index (χ0) is 22.3. The van der Waals surface area contributed by atoms with E-state index in [2.05, 4.69) is 31.9 Å².